The van der Waals surface area contributed by atoms with Crippen LogP contribution in [-0.2, 0) is 0 Å². The van der Waals surface area contributed by atoms with Crippen molar-refractivity contribution < 1.29 is 0 Å². The van der Waals surface area contributed by atoms with Crippen molar-refractivity contribution in [2.45, 2.75) is 31.7 Å². The Labute approximate surface area is 171 Å². The third kappa shape index (κ3) is 4.55. The number of benzene rings is 2. The monoisotopic (exact) mass is 401 g/mol. The normalized spacial score (nSPS) is 13.1. The summed E-state index contributed by atoms with van der Waals surface area (Å²) in [7, 11) is 4.24. The predicted molar refractivity (Wildman–Crippen MR) is 115 cm³/mol. The number of H-pyrrole nitrogens is 1. The Morgan fingerprint density at radius 3 is 2.19 bits per heavy atom. The Kier molecular flexibility index (Phi) is 5.95. The van der Waals surface area contributed by atoms with Crippen molar-refractivity contribution in [3.8, 4) is 11.1 Å². The number of rotatable bonds is 6. The Bertz CT molecular complexity index is 884. The molecule has 142 valence electrons. The maximum atomic E-state index is 6.32. The fourth-order valence-electron chi connectivity index (χ4n) is 3.16. The molecule has 0 radical (unpaired) electrons. The Morgan fingerprint density at radius 2 is 1.63 bits per heavy atom. The van der Waals surface area contributed by atoms with E-state index in [4.69, 9.17) is 23.2 Å². The van der Waals surface area contributed by atoms with Gasteiger partial charge < -0.3 is 4.90 Å². The molecule has 1 heterocycles. The van der Waals surface area contributed by atoms with Crippen molar-refractivity contribution in [3.63, 3.8) is 0 Å². The number of aromatic amines is 1. The molecule has 2 aromatic carbocycles. The van der Waals surface area contributed by atoms with Crippen LogP contribution in [0, 0.1) is 0 Å². The highest BCUT2D eigenvalue weighted by molar-refractivity contribution is 6.42. The maximum Gasteiger partial charge on any atom is 0.0595 e. The van der Waals surface area contributed by atoms with Crippen LogP contribution in [0.2, 0.25) is 10.0 Å². The van der Waals surface area contributed by atoms with Crippen LogP contribution in [0.4, 0.5) is 0 Å². The average molecular weight is 402 g/mol. The summed E-state index contributed by atoms with van der Waals surface area (Å²) < 4.78 is 0. The van der Waals surface area contributed by atoms with Gasteiger partial charge in [-0.25, -0.2) is 0 Å². The lowest BCUT2D eigenvalue weighted by atomic mass is 9.80. The van der Waals surface area contributed by atoms with Crippen molar-refractivity contribution in [1.82, 2.24) is 15.1 Å². The second-order valence-corrected chi connectivity index (χ2v) is 8.56. The average Bonchev–Trinajstić information content (AvgIpc) is 3.17. The number of nitrogens with zero attached hydrogens (tertiary/aromatic N) is 2. The van der Waals surface area contributed by atoms with E-state index in [1.165, 1.54) is 11.1 Å². The first kappa shape index (κ1) is 19.9. The highest BCUT2D eigenvalue weighted by Gasteiger charge is 2.27. The summed E-state index contributed by atoms with van der Waals surface area (Å²) in [5.74, 6) is 0.218. The molecule has 0 aliphatic carbocycles. The minimum atomic E-state index is 0.0278. The summed E-state index contributed by atoms with van der Waals surface area (Å²) >= 11 is 12.5. The van der Waals surface area contributed by atoms with Gasteiger partial charge in [0.05, 0.1) is 16.2 Å². The molecule has 0 saturated heterocycles. The van der Waals surface area contributed by atoms with Crippen molar-refractivity contribution in [1.29, 1.82) is 0 Å². The third-order valence-corrected chi connectivity index (χ3v) is 6.14. The third-order valence-electron chi connectivity index (χ3n) is 5.40. The van der Waals surface area contributed by atoms with Gasteiger partial charge in [-0.1, -0.05) is 53.5 Å². The van der Waals surface area contributed by atoms with E-state index in [1.807, 2.05) is 24.5 Å². The first-order valence-electron chi connectivity index (χ1n) is 8.99. The van der Waals surface area contributed by atoms with Crippen LogP contribution in [0.5, 0.6) is 0 Å². The largest absolute Gasteiger partial charge is 0.304 e. The van der Waals surface area contributed by atoms with Crippen LogP contribution in [0.15, 0.2) is 54.9 Å². The summed E-state index contributed by atoms with van der Waals surface area (Å²) in [5.41, 5.74) is 4.69. The van der Waals surface area contributed by atoms with Crippen LogP contribution in [0.1, 0.15) is 37.3 Å². The van der Waals surface area contributed by atoms with Gasteiger partial charge in [0.2, 0.25) is 0 Å². The zero-order valence-electron chi connectivity index (χ0n) is 16.1. The maximum absolute atomic E-state index is 6.32. The van der Waals surface area contributed by atoms with Crippen LogP contribution in [0.25, 0.3) is 11.1 Å². The number of nitrogens with one attached hydrogen (secondary N) is 1. The van der Waals surface area contributed by atoms with E-state index < -0.39 is 0 Å². The summed E-state index contributed by atoms with van der Waals surface area (Å²) in [6, 6.07) is 14.6. The molecule has 3 aromatic rings. The zero-order valence-corrected chi connectivity index (χ0v) is 17.6. The highest BCUT2D eigenvalue weighted by Crippen LogP contribution is 2.37. The molecule has 1 aromatic heterocycles. The molecule has 3 rings (SSSR count). The molecular formula is C22H25Cl2N3. The lowest BCUT2D eigenvalue weighted by molar-refractivity contribution is 0.176. The number of hydrogen-bond acceptors (Lipinski definition) is 2. The molecule has 27 heavy (non-hydrogen) atoms. The topological polar surface area (TPSA) is 31.9 Å². The molecule has 5 heteroatoms. The first-order valence-corrected chi connectivity index (χ1v) is 9.75. The van der Waals surface area contributed by atoms with Crippen LogP contribution in [-0.4, -0.2) is 34.7 Å². The van der Waals surface area contributed by atoms with Crippen LogP contribution in [0.3, 0.4) is 0 Å². The summed E-state index contributed by atoms with van der Waals surface area (Å²) in [6.45, 7) is 4.52. The number of hydrogen-bond donors (Lipinski definition) is 1. The molecule has 0 aliphatic rings. The van der Waals surface area contributed by atoms with Crippen molar-refractivity contribution in [3.05, 3.63) is 76.0 Å². The van der Waals surface area contributed by atoms with Gasteiger partial charge in [-0.05, 0) is 63.2 Å². The van der Waals surface area contributed by atoms with Gasteiger partial charge in [0.25, 0.3) is 0 Å². The van der Waals surface area contributed by atoms with Gasteiger partial charge in [-0.2, -0.15) is 5.10 Å². The second-order valence-electron chi connectivity index (χ2n) is 7.75. The lowest BCUT2D eigenvalue weighted by Crippen LogP contribution is -2.39. The minimum Gasteiger partial charge on any atom is -0.304 e. The van der Waals surface area contributed by atoms with E-state index in [9.17, 15) is 0 Å². The van der Waals surface area contributed by atoms with Gasteiger partial charge in [-0.3, -0.25) is 5.10 Å². The molecule has 0 spiro atoms. The molecule has 0 fully saturated rings. The van der Waals surface area contributed by atoms with Crippen LogP contribution < -0.4 is 0 Å². The molecule has 0 aliphatic heterocycles. The number of halogens is 2. The summed E-state index contributed by atoms with van der Waals surface area (Å²) in [5, 5.41) is 8.07. The molecule has 3 nitrogen and oxygen atoms in total. The fraction of sp³-hybridized carbons (Fsp3) is 0.318. The van der Waals surface area contributed by atoms with Gasteiger partial charge in [-0.15, -0.1) is 0 Å². The quantitative estimate of drug-likeness (QED) is 0.529. The Balaban J connectivity index is 1.99. The van der Waals surface area contributed by atoms with E-state index in [2.05, 4.69) is 73.4 Å². The van der Waals surface area contributed by atoms with Gasteiger partial charge in [0, 0.05) is 23.2 Å². The van der Waals surface area contributed by atoms with E-state index >= 15 is 0 Å². The van der Waals surface area contributed by atoms with Crippen LogP contribution >= 0.6 is 23.2 Å². The lowest BCUT2D eigenvalue weighted by Gasteiger charge is -2.36. The smallest absolute Gasteiger partial charge is 0.0595 e. The van der Waals surface area contributed by atoms with E-state index in [0.717, 1.165) is 17.5 Å². The van der Waals surface area contributed by atoms with Crippen molar-refractivity contribution >= 4 is 23.2 Å². The molecule has 1 N–H and O–H groups in total. The highest BCUT2D eigenvalue weighted by atomic mass is 35.5. The number of aromatic nitrogens is 2. The second kappa shape index (κ2) is 8.05. The standard InChI is InChI=1S/C22H25Cl2N3/c1-22(2,27(3)4)12-19(17-9-10-20(23)21(24)11-17)16-7-5-15(6-8-16)18-13-25-26-14-18/h5-11,13-14,19H,12H2,1-4H3,(H,25,26). The molecule has 0 saturated carbocycles. The summed E-state index contributed by atoms with van der Waals surface area (Å²) in [6.07, 6.45) is 4.70. The van der Waals surface area contributed by atoms with Gasteiger partial charge in [0.1, 0.15) is 0 Å². The molecule has 0 bridgehead atoms. The molecular weight excluding hydrogens is 377 g/mol. The van der Waals surface area contributed by atoms with E-state index in [0.29, 0.717) is 10.0 Å². The Hall–Kier alpha value is -1.81. The van der Waals surface area contributed by atoms with Gasteiger partial charge >= 0.3 is 0 Å². The van der Waals surface area contributed by atoms with Crippen molar-refractivity contribution in [2.24, 2.45) is 0 Å². The molecule has 0 amide bonds. The fourth-order valence-corrected chi connectivity index (χ4v) is 3.46. The van der Waals surface area contributed by atoms with Gasteiger partial charge in [0.15, 0.2) is 0 Å². The van der Waals surface area contributed by atoms with E-state index in [1.54, 1.807) is 0 Å². The summed E-state index contributed by atoms with van der Waals surface area (Å²) in [4.78, 5) is 2.26. The Morgan fingerprint density at radius 1 is 0.963 bits per heavy atom. The SMILES string of the molecule is CN(C)C(C)(C)CC(c1ccc(-c2cn[nH]c2)cc1)c1ccc(Cl)c(Cl)c1. The van der Waals surface area contributed by atoms with E-state index in [-0.39, 0.29) is 11.5 Å². The van der Waals surface area contributed by atoms with Crippen molar-refractivity contribution in [2.75, 3.05) is 14.1 Å². The predicted octanol–water partition coefficient (Wildman–Crippen LogP) is 6.25. The molecule has 1 atom stereocenters. The zero-order chi connectivity index (χ0) is 19.6. The first-order chi connectivity index (χ1) is 12.8. The molecule has 1 unspecified atom stereocenters. The minimum absolute atomic E-state index is 0.0278.